The molecule has 6 heteroatoms. The van der Waals surface area contributed by atoms with E-state index in [0.29, 0.717) is 11.8 Å². The van der Waals surface area contributed by atoms with E-state index in [9.17, 15) is 4.79 Å². The van der Waals surface area contributed by atoms with Crippen molar-refractivity contribution in [1.29, 1.82) is 0 Å². The molecule has 0 radical (unpaired) electrons. The Bertz CT molecular complexity index is 632. The standard InChI is InChI=1S/C16H18ClN3OS/c17-14-5-2-1-4-13(14)15-6-9-19(10-11-22-15)16(21)12-20-8-3-7-18-20/h1-5,7-8,15H,6,9-12H2/t15-/m1/s1. The van der Waals surface area contributed by atoms with Gasteiger partial charge in [0.05, 0.1) is 0 Å². The molecule has 2 heterocycles. The normalized spacial score (nSPS) is 19.0. The second kappa shape index (κ2) is 7.20. The number of carbonyl (C=O) groups excluding carboxylic acids is 1. The third kappa shape index (κ3) is 3.65. The summed E-state index contributed by atoms with van der Waals surface area (Å²) in [7, 11) is 0. The fourth-order valence-corrected chi connectivity index (χ4v) is 4.24. The zero-order valence-electron chi connectivity index (χ0n) is 12.2. The molecule has 0 saturated carbocycles. The van der Waals surface area contributed by atoms with Crippen LogP contribution in [0.4, 0.5) is 0 Å². The quantitative estimate of drug-likeness (QED) is 0.864. The molecule has 0 aliphatic carbocycles. The Kier molecular flexibility index (Phi) is 5.05. The van der Waals surface area contributed by atoms with E-state index in [1.807, 2.05) is 47.1 Å². The van der Waals surface area contributed by atoms with Gasteiger partial charge in [0.25, 0.3) is 0 Å². The maximum Gasteiger partial charge on any atom is 0.244 e. The van der Waals surface area contributed by atoms with Gasteiger partial charge in [0.1, 0.15) is 6.54 Å². The molecule has 1 aliphatic heterocycles. The van der Waals surface area contributed by atoms with Crippen LogP contribution < -0.4 is 0 Å². The summed E-state index contributed by atoms with van der Waals surface area (Å²) in [6.45, 7) is 1.86. The highest BCUT2D eigenvalue weighted by Crippen LogP contribution is 2.37. The number of benzene rings is 1. The minimum absolute atomic E-state index is 0.129. The number of rotatable bonds is 3. The Morgan fingerprint density at radius 2 is 2.18 bits per heavy atom. The van der Waals surface area contributed by atoms with Gasteiger partial charge in [-0.05, 0) is 24.1 Å². The predicted octanol–water partition coefficient (Wildman–Crippen LogP) is 3.24. The van der Waals surface area contributed by atoms with Crippen molar-refractivity contribution in [3.63, 3.8) is 0 Å². The van der Waals surface area contributed by atoms with E-state index >= 15 is 0 Å². The summed E-state index contributed by atoms with van der Waals surface area (Å²) >= 11 is 8.18. The molecule has 1 fully saturated rings. The Balaban J connectivity index is 1.62. The van der Waals surface area contributed by atoms with Crippen LogP contribution in [-0.2, 0) is 11.3 Å². The average molecular weight is 336 g/mol. The SMILES string of the molecule is O=C(Cn1cccn1)N1CCS[C@@H](c2ccccc2Cl)CC1. The van der Waals surface area contributed by atoms with Gasteiger partial charge in [-0.2, -0.15) is 16.9 Å². The number of hydrogen-bond donors (Lipinski definition) is 0. The highest BCUT2D eigenvalue weighted by atomic mass is 35.5. The number of thioether (sulfide) groups is 1. The van der Waals surface area contributed by atoms with E-state index in [0.717, 1.165) is 30.3 Å². The summed E-state index contributed by atoms with van der Waals surface area (Å²) in [6, 6.07) is 9.82. The third-order valence-corrected chi connectivity index (χ3v) is 5.46. The van der Waals surface area contributed by atoms with Crippen LogP contribution >= 0.6 is 23.4 Å². The molecule has 0 unspecified atom stereocenters. The molecule has 1 atom stereocenters. The smallest absolute Gasteiger partial charge is 0.244 e. The molecule has 0 spiro atoms. The molecule has 3 rings (SSSR count). The van der Waals surface area contributed by atoms with Crippen molar-refractivity contribution in [3.05, 3.63) is 53.3 Å². The maximum absolute atomic E-state index is 12.4. The van der Waals surface area contributed by atoms with Crippen LogP contribution in [0, 0.1) is 0 Å². The molecule has 1 aromatic heterocycles. The van der Waals surface area contributed by atoms with Crippen molar-refractivity contribution in [3.8, 4) is 0 Å². The van der Waals surface area contributed by atoms with Gasteiger partial charge in [0, 0.05) is 41.5 Å². The summed E-state index contributed by atoms with van der Waals surface area (Å²) in [5, 5.41) is 5.27. The molecule has 116 valence electrons. The molecule has 1 amide bonds. The number of halogens is 1. The van der Waals surface area contributed by atoms with Gasteiger partial charge < -0.3 is 4.90 Å². The molecule has 1 aliphatic rings. The third-order valence-electron chi connectivity index (χ3n) is 3.80. The molecule has 2 aromatic rings. The van der Waals surface area contributed by atoms with Crippen molar-refractivity contribution in [2.45, 2.75) is 18.2 Å². The van der Waals surface area contributed by atoms with Gasteiger partial charge in [-0.1, -0.05) is 29.8 Å². The second-order valence-electron chi connectivity index (χ2n) is 5.25. The molecule has 1 saturated heterocycles. The van der Waals surface area contributed by atoms with Gasteiger partial charge >= 0.3 is 0 Å². The molecular formula is C16H18ClN3OS. The lowest BCUT2D eigenvalue weighted by Crippen LogP contribution is -2.35. The van der Waals surface area contributed by atoms with E-state index < -0.39 is 0 Å². The minimum Gasteiger partial charge on any atom is -0.340 e. The summed E-state index contributed by atoms with van der Waals surface area (Å²) in [6.07, 6.45) is 4.44. The Hall–Kier alpha value is -1.46. The van der Waals surface area contributed by atoms with E-state index in [1.54, 1.807) is 10.9 Å². The number of hydrogen-bond acceptors (Lipinski definition) is 3. The predicted molar refractivity (Wildman–Crippen MR) is 90.1 cm³/mol. The monoisotopic (exact) mass is 335 g/mol. The number of aromatic nitrogens is 2. The van der Waals surface area contributed by atoms with Crippen molar-refractivity contribution in [2.24, 2.45) is 0 Å². The lowest BCUT2D eigenvalue weighted by atomic mass is 10.1. The molecule has 4 nitrogen and oxygen atoms in total. The molecule has 0 bridgehead atoms. The zero-order valence-corrected chi connectivity index (χ0v) is 13.8. The Morgan fingerprint density at radius 1 is 1.32 bits per heavy atom. The zero-order chi connectivity index (χ0) is 15.4. The first-order valence-corrected chi connectivity index (χ1v) is 8.78. The fraction of sp³-hybridized carbons (Fsp3) is 0.375. The van der Waals surface area contributed by atoms with Crippen molar-refractivity contribution in [2.75, 3.05) is 18.8 Å². The van der Waals surface area contributed by atoms with Crippen LogP contribution in [0.3, 0.4) is 0 Å². The first-order chi connectivity index (χ1) is 10.7. The summed E-state index contributed by atoms with van der Waals surface area (Å²) in [4.78, 5) is 14.3. The molecule has 22 heavy (non-hydrogen) atoms. The number of carbonyl (C=O) groups is 1. The topological polar surface area (TPSA) is 38.1 Å². The van der Waals surface area contributed by atoms with Gasteiger partial charge in [-0.3, -0.25) is 9.48 Å². The summed E-state index contributed by atoms with van der Waals surface area (Å²) in [5.74, 6) is 1.06. The lowest BCUT2D eigenvalue weighted by molar-refractivity contribution is -0.131. The fourth-order valence-electron chi connectivity index (χ4n) is 2.64. The molecular weight excluding hydrogens is 318 g/mol. The van der Waals surface area contributed by atoms with Crippen LogP contribution in [0.1, 0.15) is 17.2 Å². The van der Waals surface area contributed by atoms with Crippen LogP contribution in [0.15, 0.2) is 42.7 Å². The highest BCUT2D eigenvalue weighted by molar-refractivity contribution is 7.99. The lowest BCUT2D eigenvalue weighted by Gasteiger charge is -2.20. The highest BCUT2D eigenvalue weighted by Gasteiger charge is 2.23. The van der Waals surface area contributed by atoms with Crippen molar-refractivity contribution < 1.29 is 4.79 Å². The van der Waals surface area contributed by atoms with E-state index in [2.05, 4.69) is 11.2 Å². The molecule has 1 aromatic carbocycles. The van der Waals surface area contributed by atoms with Crippen LogP contribution in [-0.4, -0.2) is 39.4 Å². The minimum atomic E-state index is 0.129. The summed E-state index contributed by atoms with van der Waals surface area (Å²) < 4.78 is 1.67. The first-order valence-electron chi connectivity index (χ1n) is 7.35. The average Bonchev–Trinajstić information content (AvgIpc) is 2.90. The van der Waals surface area contributed by atoms with Gasteiger partial charge in [0.2, 0.25) is 5.91 Å². The first kappa shape index (κ1) is 15.4. The largest absolute Gasteiger partial charge is 0.340 e. The summed E-state index contributed by atoms with van der Waals surface area (Å²) in [5.41, 5.74) is 1.18. The number of nitrogens with zero attached hydrogens (tertiary/aromatic N) is 3. The number of amides is 1. The Morgan fingerprint density at radius 3 is 2.95 bits per heavy atom. The van der Waals surface area contributed by atoms with E-state index in [1.165, 1.54) is 5.56 Å². The van der Waals surface area contributed by atoms with Gasteiger partial charge in [0.15, 0.2) is 0 Å². The van der Waals surface area contributed by atoms with E-state index in [4.69, 9.17) is 11.6 Å². The van der Waals surface area contributed by atoms with Crippen LogP contribution in [0.2, 0.25) is 5.02 Å². The van der Waals surface area contributed by atoms with E-state index in [-0.39, 0.29) is 5.91 Å². The Labute approximate surface area is 139 Å². The van der Waals surface area contributed by atoms with Gasteiger partial charge in [-0.15, -0.1) is 0 Å². The molecule has 0 N–H and O–H groups in total. The second-order valence-corrected chi connectivity index (χ2v) is 6.97. The van der Waals surface area contributed by atoms with Crippen molar-refractivity contribution >= 4 is 29.3 Å². The maximum atomic E-state index is 12.4. The van der Waals surface area contributed by atoms with Crippen LogP contribution in [0.5, 0.6) is 0 Å². The van der Waals surface area contributed by atoms with Gasteiger partial charge in [-0.25, -0.2) is 0 Å². The van der Waals surface area contributed by atoms with Crippen molar-refractivity contribution in [1.82, 2.24) is 14.7 Å². The van der Waals surface area contributed by atoms with Crippen LogP contribution in [0.25, 0.3) is 0 Å².